The molecule has 2 saturated carbocycles. The van der Waals surface area contributed by atoms with Gasteiger partial charge in [0, 0.05) is 13.1 Å². The third-order valence-electron chi connectivity index (χ3n) is 8.04. The van der Waals surface area contributed by atoms with Gasteiger partial charge in [0.2, 0.25) is 17.6 Å². The number of piperidine rings is 1. The van der Waals surface area contributed by atoms with E-state index in [1.807, 2.05) is 6.92 Å². The molecule has 184 valence electrons. The SMILES string of the molecule is C=CCNC(=O)C(=O)C(CCC)NC(=O)[C@@H]1[C@@H]2[C@H](CN1C(=O)[C@@H](N)C1CCCCC1)C2(C)C. The monoisotopic (exact) mass is 460 g/mol. The maximum absolute atomic E-state index is 13.5. The molecule has 8 heteroatoms. The second-order valence-electron chi connectivity index (χ2n) is 10.5. The molecule has 1 heterocycles. The summed E-state index contributed by atoms with van der Waals surface area (Å²) in [6, 6.07) is -2.17. The first-order chi connectivity index (χ1) is 15.6. The van der Waals surface area contributed by atoms with Crippen molar-refractivity contribution in [3.63, 3.8) is 0 Å². The fraction of sp³-hybridized carbons (Fsp3) is 0.760. The molecule has 1 saturated heterocycles. The number of nitrogens with zero attached hydrogens (tertiary/aromatic N) is 1. The number of Topliss-reactive ketones (excluding diaryl/α,β-unsaturated/α-hetero) is 1. The molecular formula is C25H40N4O4. The number of fused-ring (bicyclic) bond motifs is 1. The van der Waals surface area contributed by atoms with Crippen LogP contribution in [0.5, 0.6) is 0 Å². The van der Waals surface area contributed by atoms with Crippen LogP contribution in [0, 0.1) is 23.2 Å². The zero-order valence-corrected chi connectivity index (χ0v) is 20.3. The Bertz CT molecular complexity index is 789. The second-order valence-corrected chi connectivity index (χ2v) is 10.5. The van der Waals surface area contributed by atoms with E-state index in [1.54, 1.807) is 4.90 Å². The van der Waals surface area contributed by atoms with Gasteiger partial charge in [-0.15, -0.1) is 6.58 Å². The van der Waals surface area contributed by atoms with Crippen molar-refractivity contribution in [2.75, 3.05) is 13.1 Å². The van der Waals surface area contributed by atoms with Crippen LogP contribution in [-0.2, 0) is 19.2 Å². The molecule has 0 spiro atoms. The van der Waals surface area contributed by atoms with Gasteiger partial charge >= 0.3 is 0 Å². The molecule has 5 atom stereocenters. The van der Waals surface area contributed by atoms with E-state index in [0.717, 1.165) is 25.7 Å². The first-order valence-corrected chi connectivity index (χ1v) is 12.4. The van der Waals surface area contributed by atoms with Crippen LogP contribution < -0.4 is 16.4 Å². The Morgan fingerprint density at radius 3 is 2.45 bits per heavy atom. The summed E-state index contributed by atoms with van der Waals surface area (Å²) < 4.78 is 0. The molecule has 0 aromatic carbocycles. The topological polar surface area (TPSA) is 122 Å². The van der Waals surface area contributed by atoms with Crippen LogP contribution in [0.2, 0.25) is 0 Å². The van der Waals surface area contributed by atoms with E-state index < -0.39 is 29.8 Å². The average Bonchev–Trinajstić information content (AvgIpc) is 3.14. The van der Waals surface area contributed by atoms with E-state index in [1.165, 1.54) is 12.5 Å². The van der Waals surface area contributed by atoms with Crippen LogP contribution in [0.1, 0.15) is 65.7 Å². The van der Waals surface area contributed by atoms with Crippen molar-refractivity contribution in [2.24, 2.45) is 28.9 Å². The van der Waals surface area contributed by atoms with Gasteiger partial charge in [-0.3, -0.25) is 19.2 Å². The normalized spacial score (nSPS) is 27.8. The van der Waals surface area contributed by atoms with E-state index in [-0.39, 0.29) is 41.5 Å². The minimum atomic E-state index is -0.919. The van der Waals surface area contributed by atoms with E-state index in [4.69, 9.17) is 5.73 Å². The van der Waals surface area contributed by atoms with Crippen molar-refractivity contribution in [1.82, 2.24) is 15.5 Å². The first-order valence-electron chi connectivity index (χ1n) is 12.4. The number of ketones is 1. The molecule has 33 heavy (non-hydrogen) atoms. The highest BCUT2D eigenvalue weighted by Gasteiger charge is 2.69. The van der Waals surface area contributed by atoms with Gasteiger partial charge < -0.3 is 21.3 Å². The Labute approximate surface area is 197 Å². The number of amides is 3. The highest BCUT2D eigenvalue weighted by atomic mass is 16.2. The Kier molecular flexibility index (Phi) is 7.98. The van der Waals surface area contributed by atoms with E-state index in [2.05, 4.69) is 31.1 Å². The molecule has 2 aliphatic carbocycles. The molecule has 4 N–H and O–H groups in total. The Morgan fingerprint density at radius 1 is 1.18 bits per heavy atom. The van der Waals surface area contributed by atoms with Crippen molar-refractivity contribution in [3.05, 3.63) is 12.7 Å². The summed E-state index contributed by atoms with van der Waals surface area (Å²) in [7, 11) is 0. The number of hydrogen-bond donors (Lipinski definition) is 3. The van der Waals surface area contributed by atoms with Crippen LogP contribution in [0.25, 0.3) is 0 Å². The number of likely N-dealkylation sites (tertiary alicyclic amines) is 1. The van der Waals surface area contributed by atoms with E-state index in [0.29, 0.717) is 19.4 Å². The van der Waals surface area contributed by atoms with Gasteiger partial charge in [-0.05, 0) is 42.4 Å². The molecule has 0 aromatic heterocycles. The third kappa shape index (κ3) is 5.15. The van der Waals surface area contributed by atoms with Gasteiger partial charge in [-0.1, -0.05) is 52.5 Å². The smallest absolute Gasteiger partial charge is 0.289 e. The number of carbonyl (C=O) groups is 4. The third-order valence-corrected chi connectivity index (χ3v) is 8.04. The van der Waals surface area contributed by atoms with Gasteiger partial charge in [0.1, 0.15) is 6.04 Å². The minimum Gasteiger partial charge on any atom is -0.346 e. The Balaban J connectivity index is 1.74. The summed E-state index contributed by atoms with van der Waals surface area (Å²) in [4.78, 5) is 53.4. The maximum Gasteiger partial charge on any atom is 0.289 e. The number of rotatable bonds is 10. The van der Waals surface area contributed by atoms with E-state index >= 15 is 0 Å². The van der Waals surface area contributed by atoms with Gasteiger partial charge in [0.15, 0.2) is 0 Å². The zero-order chi connectivity index (χ0) is 24.3. The Hall–Kier alpha value is -2.22. The van der Waals surface area contributed by atoms with Crippen molar-refractivity contribution >= 4 is 23.5 Å². The highest BCUT2D eigenvalue weighted by molar-refractivity contribution is 6.38. The van der Waals surface area contributed by atoms with Crippen LogP contribution in [0.3, 0.4) is 0 Å². The van der Waals surface area contributed by atoms with Crippen molar-refractivity contribution in [3.8, 4) is 0 Å². The van der Waals surface area contributed by atoms with Gasteiger partial charge in [0.05, 0.1) is 12.1 Å². The molecule has 3 rings (SSSR count). The number of nitrogens with two attached hydrogens (primary N) is 1. The molecule has 0 aromatic rings. The Morgan fingerprint density at radius 2 is 1.85 bits per heavy atom. The first kappa shape index (κ1) is 25.4. The zero-order valence-electron chi connectivity index (χ0n) is 20.3. The summed E-state index contributed by atoms with van der Waals surface area (Å²) in [5.41, 5.74) is 6.37. The largest absolute Gasteiger partial charge is 0.346 e. The van der Waals surface area contributed by atoms with Crippen molar-refractivity contribution < 1.29 is 19.2 Å². The summed E-state index contributed by atoms with van der Waals surface area (Å²) in [5.74, 6) is -1.50. The summed E-state index contributed by atoms with van der Waals surface area (Å²) in [5, 5.41) is 5.29. The standard InChI is InChI=1S/C25H40N4O4/c1-5-10-17(21(30)23(32)27-13-6-2)28-22(31)20-18-16(25(18,3)4)14-29(20)24(33)19(26)15-11-8-7-9-12-15/h6,15-20H,2,5,7-14,26H2,1,3-4H3,(H,27,32)(H,28,31)/t16-,17?,18-,19-,20-/m0/s1. The molecule has 1 aliphatic heterocycles. The fourth-order valence-corrected chi connectivity index (χ4v) is 5.92. The van der Waals surface area contributed by atoms with Crippen LogP contribution in [0.15, 0.2) is 12.7 Å². The second kappa shape index (κ2) is 10.4. The summed E-state index contributed by atoms with van der Waals surface area (Å²) in [6.07, 6.45) is 7.72. The lowest BCUT2D eigenvalue weighted by atomic mass is 9.83. The maximum atomic E-state index is 13.5. The molecular weight excluding hydrogens is 420 g/mol. The molecule has 0 bridgehead atoms. The van der Waals surface area contributed by atoms with Crippen LogP contribution >= 0.6 is 0 Å². The lowest BCUT2D eigenvalue weighted by molar-refractivity contribution is -0.144. The number of carbonyl (C=O) groups excluding carboxylic acids is 4. The van der Waals surface area contributed by atoms with Crippen LogP contribution in [-0.4, -0.2) is 59.6 Å². The molecule has 3 amide bonds. The molecule has 8 nitrogen and oxygen atoms in total. The van der Waals surface area contributed by atoms with Gasteiger partial charge in [-0.2, -0.15) is 0 Å². The number of nitrogens with one attached hydrogen (secondary N) is 2. The lowest BCUT2D eigenvalue weighted by Crippen LogP contribution is -2.58. The van der Waals surface area contributed by atoms with E-state index in [9.17, 15) is 19.2 Å². The summed E-state index contributed by atoms with van der Waals surface area (Å²) >= 11 is 0. The molecule has 3 aliphatic rings. The average molecular weight is 461 g/mol. The summed E-state index contributed by atoms with van der Waals surface area (Å²) in [6.45, 7) is 10.3. The number of hydrogen-bond acceptors (Lipinski definition) is 5. The van der Waals surface area contributed by atoms with Crippen molar-refractivity contribution in [1.29, 1.82) is 0 Å². The molecule has 1 unspecified atom stereocenters. The fourth-order valence-electron chi connectivity index (χ4n) is 5.92. The molecule has 3 fully saturated rings. The predicted octanol–water partition coefficient (Wildman–Crippen LogP) is 1.53. The van der Waals surface area contributed by atoms with Gasteiger partial charge in [-0.25, -0.2) is 0 Å². The van der Waals surface area contributed by atoms with Crippen molar-refractivity contribution in [2.45, 2.75) is 83.8 Å². The quantitative estimate of drug-likeness (QED) is 0.337. The minimum absolute atomic E-state index is 0.0342. The van der Waals surface area contributed by atoms with Crippen LogP contribution in [0.4, 0.5) is 0 Å². The highest BCUT2D eigenvalue weighted by Crippen LogP contribution is 2.65. The molecule has 0 radical (unpaired) electrons. The predicted molar refractivity (Wildman–Crippen MR) is 126 cm³/mol. The lowest BCUT2D eigenvalue weighted by Gasteiger charge is -2.35. The van der Waals surface area contributed by atoms with Gasteiger partial charge in [0.25, 0.3) is 5.91 Å².